The van der Waals surface area contributed by atoms with Crippen molar-refractivity contribution < 1.29 is 23.9 Å². The van der Waals surface area contributed by atoms with Crippen molar-refractivity contribution >= 4 is 28.9 Å². The standard InChI is InChI=1S/C19H18N2O5S/c1-11-10-27-19(21-11)15(8-20)16(23)9-26-18(24)7-14-6-13(12(2)22)4-5-17(14)25-3/h4-6,10,15H,7,9H2,1-3H3/t15-/m1/s1. The van der Waals surface area contributed by atoms with E-state index in [1.54, 1.807) is 30.5 Å². The van der Waals surface area contributed by atoms with Crippen molar-refractivity contribution in [3.63, 3.8) is 0 Å². The number of hydrogen-bond acceptors (Lipinski definition) is 8. The maximum absolute atomic E-state index is 12.2. The van der Waals surface area contributed by atoms with Crippen LogP contribution in [0, 0.1) is 18.3 Å². The van der Waals surface area contributed by atoms with Gasteiger partial charge in [-0.2, -0.15) is 5.26 Å². The van der Waals surface area contributed by atoms with Gasteiger partial charge in [-0.15, -0.1) is 11.3 Å². The minimum Gasteiger partial charge on any atom is -0.496 e. The second kappa shape index (κ2) is 9.05. The maximum atomic E-state index is 12.2. The van der Waals surface area contributed by atoms with Crippen LogP contribution in [0.4, 0.5) is 0 Å². The van der Waals surface area contributed by atoms with E-state index in [-0.39, 0.29) is 12.2 Å². The molecule has 0 N–H and O–H groups in total. The lowest BCUT2D eigenvalue weighted by Gasteiger charge is -2.10. The van der Waals surface area contributed by atoms with Crippen molar-refractivity contribution in [3.05, 3.63) is 45.4 Å². The van der Waals surface area contributed by atoms with E-state index in [1.807, 2.05) is 6.07 Å². The molecule has 0 aliphatic heterocycles. The van der Waals surface area contributed by atoms with E-state index >= 15 is 0 Å². The summed E-state index contributed by atoms with van der Waals surface area (Å²) >= 11 is 1.21. The van der Waals surface area contributed by atoms with Gasteiger partial charge in [-0.1, -0.05) is 0 Å². The van der Waals surface area contributed by atoms with Crippen molar-refractivity contribution in [1.82, 2.24) is 4.98 Å². The van der Waals surface area contributed by atoms with Crippen LogP contribution in [0.5, 0.6) is 5.75 Å². The number of carbonyl (C=O) groups is 3. The molecular weight excluding hydrogens is 368 g/mol. The van der Waals surface area contributed by atoms with Crippen LogP contribution in [0.25, 0.3) is 0 Å². The highest BCUT2D eigenvalue weighted by Gasteiger charge is 2.24. The number of ketones is 2. The van der Waals surface area contributed by atoms with E-state index in [1.165, 1.54) is 25.4 Å². The molecule has 0 saturated carbocycles. The molecule has 1 atom stereocenters. The van der Waals surface area contributed by atoms with Crippen molar-refractivity contribution in [2.75, 3.05) is 13.7 Å². The largest absolute Gasteiger partial charge is 0.496 e. The SMILES string of the molecule is COc1ccc(C(C)=O)cc1CC(=O)OCC(=O)[C@@H](C#N)c1nc(C)cs1. The van der Waals surface area contributed by atoms with Crippen LogP contribution in [0.1, 0.15) is 39.5 Å². The zero-order valence-corrected chi connectivity index (χ0v) is 16.0. The normalized spacial score (nSPS) is 11.3. The molecule has 140 valence electrons. The van der Waals surface area contributed by atoms with Gasteiger partial charge in [-0.3, -0.25) is 14.4 Å². The second-order valence-electron chi connectivity index (χ2n) is 5.78. The molecule has 0 amide bonds. The van der Waals surface area contributed by atoms with Crippen LogP contribution in [0.3, 0.4) is 0 Å². The summed E-state index contributed by atoms with van der Waals surface area (Å²) in [4.78, 5) is 40.0. The molecule has 0 aliphatic carbocycles. The topological polar surface area (TPSA) is 106 Å². The average molecular weight is 386 g/mol. The number of aromatic nitrogens is 1. The van der Waals surface area contributed by atoms with Crippen LogP contribution in [0.15, 0.2) is 23.6 Å². The number of ether oxygens (including phenoxy) is 2. The zero-order chi connectivity index (χ0) is 20.0. The van der Waals surface area contributed by atoms with Gasteiger partial charge < -0.3 is 9.47 Å². The molecule has 27 heavy (non-hydrogen) atoms. The first-order chi connectivity index (χ1) is 12.8. The number of aryl methyl sites for hydroxylation is 1. The molecule has 0 bridgehead atoms. The molecule has 0 saturated heterocycles. The van der Waals surface area contributed by atoms with Gasteiger partial charge in [0.1, 0.15) is 10.8 Å². The number of benzene rings is 1. The summed E-state index contributed by atoms with van der Waals surface area (Å²) in [5, 5.41) is 11.3. The Hall–Kier alpha value is -3.05. The van der Waals surface area contributed by atoms with Gasteiger partial charge in [0.15, 0.2) is 24.1 Å². The first-order valence-electron chi connectivity index (χ1n) is 8.03. The lowest BCUT2D eigenvalue weighted by Crippen LogP contribution is -2.20. The molecule has 0 radical (unpaired) electrons. The molecule has 7 nitrogen and oxygen atoms in total. The number of thiazole rings is 1. The van der Waals surface area contributed by atoms with E-state index in [2.05, 4.69) is 4.98 Å². The highest BCUT2D eigenvalue weighted by molar-refractivity contribution is 7.09. The molecular formula is C19H18N2O5S. The Morgan fingerprint density at radius 2 is 2.07 bits per heavy atom. The summed E-state index contributed by atoms with van der Waals surface area (Å²) in [7, 11) is 1.45. The number of rotatable bonds is 8. The Morgan fingerprint density at radius 3 is 2.63 bits per heavy atom. The molecule has 0 fully saturated rings. The van der Waals surface area contributed by atoms with Crippen LogP contribution < -0.4 is 4.74 Å². The van der Waals surface area contributed by atoms with Crippen molar-refractivity contribution in [2.45, 2.75) is 26.2 Å². The van der Waals surface area contributed by atoms with Crippen LogP contribution in [-0.4, -0.2) is 36.2 Å². The number of carbonyl (C=O) groups excluding carboxylic acids is 3. The van der Waals surface area contributed by atoms with E-state index in [9.17, 15) is 19.6 Å². The Bertz CT molecular complexity index is 913. The fraction of sp³-hybridized carbons (Fsp3) is 0.316. The van der Waals surface area contributed by atoms with Gasteiger partial charge in [-0.05, 0) is 32.0 Å². The summed E-state index contributed by atoms with van der Waals surface area (Å²) in [5.74, 6) is -1.96. The smallest absolute Gasteiger partial charge is 0.310 e. The van der Waals surface area contributed by atoms with Crippen molar-refractivity contribution in [3.8, 4) is 11.8 Å². The van der Waals surface area contributed by atoms with Gasteiger partial charge in [0, 0.05) is 22.2 Å². The van der Waals surface area contributed by atoms with Crippen molar-refractivity contribution in [2.24, 2.45) is 0 Å². The molecule has 2 rings (SSSR count). The predicted molar refractivity (Wildman–Crippen MR) is 97.9 cm³/mol. The van der Waals surface area contributed by atoms with Crippen LogP contribution >= 0.6 is 11.3 Å². The molecule has 1 aromatic carbocycles. The van der Waals surface area contributed by atoms with Gasteiger partial charge in [-0.25, -0.2) is 4.98 Å². The monoisotopic (exact) mass is 386 g/mol. The lowest BCUT2D eigenvalue weighted by atomic mass is 10.0. The summed E-state index contributed by atoms with van der Waals surface area (Å²) in [6, 6.07) is 6.65. The minimum atomic E-state index is -1.06. The van der Waals surface area contributed by atoms with Gasteiger partial charge in [0.05, 0.1) is 19.6 Å². The van der Waals surface area contributed by atoms with E-state index in [0.29, 0.717) is 21.9 Å². The quantitative estimate of drug-likeness (QED) is 0.507. The Balaban J connectivity index is 2.02. The van der Waals surface area contributed by atoms with Gasteiger partial charge in [0.25, 0.3) is 0 Å². The van der Waals surface area contributed by atoms with Crippen LogP contribution in [-0.2, 0) is 20.7 Å². The first kappa shape index (κ1) is 20.3. The molecule has 0 unspecified atom stereocenters. The fourth-order valence-electron chi connectivity index (χ4n) is 2.35. The summed E-state index contributed by atoms with van der Waals surface area (Å²) in [5.41, 5.74) is 1.64. The van der Waals surface area contributed by atoms with E-state index in [4.69, 9.17) is 9.47 Å². The summed E-state index contributed by atoms with van der Waals surface area (Å²) in [6.07, 6.45) is -0.162. The number of nitriles is 1. The van der Waals surface area contributed by atoms with Crippen molar-refractivity contribution in [1.29, 1.82) is 5.26 Å². The lowest BCUT2D eigenvalue weighted by molar-refractivity contribution is -0.147. The van der Waals surface area contributed by atoms with Gasteiger partial charge in [0.2, 0.25) is 0 Å². The molecule has 1 aromatic heterocycles. The number of esters is 1. The Kier molecular flexibility index (Phi) is 6.79. The Morgan fingerprint density at radius 1 is 1.33 bits per heavy atom. The third kappa shape index (κ3) is 5.21. The third-order valence-electron chi connectivity index (χ3n) is 3.73. The second-order valence-corrected chi connectivity index (χ2v) is 6.67. The maximum Gasteiger partial charge on any atom is 0.310 e. The van der Waals surface area contributed by atoms with E-state index < -0.39 is 24.3 Å². The highest BCUT2D eigenvalue weighted by Crippen LogP contribution is 2.22. The molecule has 1 heterocycles. The van der Waals surface area contributed by atoms with Gasteiger partial charge >= 0.3 is 5.97 Å². The third-order valence-corrected chi connectivity index (χ3v) is 4.76. The average Bonchev–Trinajstić information content (AvgIpc) is 3.06. The van der Waals surface area contributed by atoms with Crippen LogP contribution in [0.2, 0.25) is 0 Å². The molecule has 0 aliphatic rings. The Labute approximate surface area is 160 Å². The molecule has 2 aromatic rings. The molecule has 8 heteroatoms. The predicted octanol–water partition coefficient (Wildman–Crippen LogP) is 2.62. The van der Waals surface area contributed by atoms with E-state index in [0.717, 1.165) is 5.69 Å². The highest BCUT2D eigenvalue weighted by atomic mass is 32.1. The summed E-state index contributed by atoms with van der Waals surface area (Å²) in [6.45, 7) is 2.66. The molecule has 0 spiro atoms. The summed E-state index contributed by atoms with van der Waals surface area (Å²) < 4.78 is 10.2. The number of Topliss-reactive ketones (excluding diaryl/α,β-unsaturated/α-hetero) is 2. The zero-order valence-electron chi connectivity index (χ0n) is 15.1. The number of hydrogen-bond donors (Lipinski definition) is 0. The number of methoxy groups -OCH3 is 1. The fourth-order valence-corrected chi connectivity index (χ4v) is 3.21. The minimum absolute atomic E-state index is 0.141. The first-order valence-corrected chi connectivity index (χ1v) is 8.91. The number of nitrogens with zero attached hydrogens (tertiary/aromatic N) is 2.